The molecule has 2 aromatic carbocycles. The first-order chi connectivity index (χ1) is 14.7. The summed E-state index contributed by atoms with van der Waals surface area (Å²) in [5.74, 6) is -0.118. The molecular formula is C23H21N3O5. The molecule has 2 amide bonds. The number of benzene rings is 2. The lowest BCUT2D eigenvalue weighted by atomic mass is 10.1. The van der Waals surface area contributed by atoms with E-state index in [9.17, 15) is 19.7 Å². The van der Waals surface area contributed by atoms with Crippen molar-refractivity contribution < 1.29 is 18.9 Å². The van der Waals surface area contributed by atoms with Gasteiger partial charge in [-0.1, -0.05) is 29.8 Å². The highest BCUT2D eigenvalue weighted by Crippen LogP contribution is 2.26. The van der Waals surface area contributed by atoms with Crippen LogP contribution >= 0.6 is 0 Å². The Kier molecular flexibility index (Phi) is 6.30. The van der Waals surface area contributed by atoms with Gasteiger partial charge in [-0.3, -0.25) is 19.7 Å². The number of nitro benzene ring substituents is 1. The number of hydrogen-bond donors (Lipinski definition) is 1. The molecule has 0 saturated heterocycles. The molecule has 31 heavy (non-hydrogen) atoms. The number of furan rings is 1. The summed E-state index contributed by atoms with van der Waals surface area (Å²) in [5, 5.41) is 13.6. The molecular weight excluding hydrogens is 398 g/mol. The average molecular weight is 419 g/mol. The van der Waals surface area contributed by atoms with E-state index in [1.54, 1.807) is 50.5 Å². The molecule has 1 aromatic heterocycles. The second-order valence-corrected chi connectivity index (χ2v) is 7.09. The number of non-ortho nitro benzene ring substituents is 1. The first-order valence-corrected chi connectivity index (χ1v) is 9.40. The van der Waals surface area contributed by atoms with Gasteiger partial charge in [-0.25, -0.2) is 0 Å². The fraction of sp³-hybridized carbons (Fsp3) is 0.130. The van der Waals surface area contributed by atoms with Gasteiger partial charge >= 0.3 is 0 Å². The van der Waals surface area contributed by atoms with Crippen LogP contribution in [0.5, 0.6) is 0 Å². The van der Waals surface area contributed by atoms with Gasteiger partial charge in [0.25, 0.3) is 17.5 Å². The standard InChI is InChI=1S/C23H21N3O5/c1-15-7-9-16(10-8-15)22(27)24-20(23(28)25(2)3)14-19-11-12-21(31-19)17-5-4-6-18(13-17)26(29)30/h4-14H,1-3H3,(H,24,27)/b20-14-. The van der Waals surface area contributed by atoms with Crippen LogP contribution < -0.4 is 5.32 Å². The molecule has 0 aliphatic rings. The van der Waals surface area contributed by atoms with E-state index in [1.807, 2.05) is 19.1 Å². The molecule has 158 valence electrons. The minimum atomic E-state index is -0.484. The smallest absolute Gasteiger partial charge is 0.270 e. The molecule has 0 unspecified atom stereocenters. The van der Waals surface area contributed by atoms with E-state index < -0.39 is 16.7 Å². The maximum atomic E-state index is 12.6. The van der Waals surface area contributed by atoms with Crippen LogP contribution in [0, 0.1) is 17.0 Å². The highest BCUT2D eigenvalue weighted by Gasteiger charge is 2.17. The molecule has 0 saturated carbocycles. The van der Waals surface area contributed by atoms with Crippen LogP contribution in [0.4, 0.5) is 5.69 Å². The Hall–Kier alpha value is -4.20. The third kappa shape index (κ3) is 5.24. The summed E-state index contributed by atoms with van der Waals surface area (Å²) in [7, 11) is 3.15. The SMILES string of the molecule is Cc1ccc(C(=O)N/C(=C\c2ccc(-c3cccc([N+](=O)[O-])c3)o2)C(=O)N(C)C)cc1. The van der Waals surface area contributed by atoms with Crippen molar-refractivity contribution in [3.05, 3.63) is 93.4 Å². The van der Waals surface area contributed by atoms with Crippen LogP contribution in [0.2, 0.25) is 0 Å². The van der Waals surface area contributed by atoms with Gasteiger partial charge in [0.1, 0.15) is 17.2 Å². The second-order valence-electron chi connectivity index (χ2n) is 7.09. The summed E-state index contributed by atoms with van der Waals surface area (Å²) in [6.45, 7) is 1.92. The van der Waals surface area contributed by atoms with Crippen LogP contribution in [0.15, 0.2) is 70.8 Å². The topological polar surface area (TPSA) is 106 Å². The predicted octanol–water partition coefficient (Wildman–Crippen LogP) is 4.02. The van der Waals surface area contributed by atoms with E-state index in [-0.39, 0.29) is 11.4 Å². The van der Waals surface area contributed by atoms with Crippen LogP contribution in [-0.4, -0.2) is 35.7 Å². The summed E-state index contributed by atoms with van der Waals surface area (Å²) >= 11 is 0. The maximum absolute atomic E-state index is 12.6. The first-order valence-electron chi connectivity index (χ1n) is 9.40. The fourth-order valence-electron chi connectivity index (χ4n) is 2.79. The Bertz CT molecular complexity index is 1160. The number of carbonyl (C=O) groups is 2. The summed E-state index contributed by atoms with van der Waals surface area (Å²) < 4.78 is 5.75. The van der Waals surface area contributed by atoms with E-state index in [4.69, 9.17) is 4.42 Å². The van der Waals surface area contributed by atoms with Crippen LogP contribution in [0.1, 0.15) is 21.7 Å². The highest BCUT2D eigenvalue weighted by atomic mass is 16.6. The Morgan fingerprint density at radius 3 is 2.42 bits per heavy atom. The monoisotopic (exact) mass is 419 g/mol. The van der Waals surface area contributed by atoms with Gasteiger partial charge in [0.05, 0.1) is 4.92 Å². The van der Waals surface area contributed by atoms with E-state index in [1.165, 1.54) is 23.1 Å². The van der Waals surface area contributed by atoms with Crippen molar-refractivity contribution in [2.45, 2.75) is 6.92 Å². The molecule has 0 bridgehead atoms. The quantitative estimate of drug-likeness (QED) is 0.369. The van der Waals surface area contributed by atoms with E-state index in [0.29, 0.717) is 22.6 Å². The molecule has 8 heteroatoms. The summed E-state index contributed by atoms with van der Waals surface area (Å²) in [6, 6.07) is 16.3. The van der Waals surface area contributed by atoms with Crippen molar-refractivity contribution in [1.29, 1.82) is 0 Å². The van der Waals surface area contributed by atoms with E-state index >= 15 is 0 Å². The third-order valence-electron chi connectivity index (χ3n) is 4.45. The molecule has 8 nitrogen and oxygen atoms in total. The lowest BCUT2D eigenvalue weighted by molar-refractivity contribution is -0.384. The Morgan fingerprint density at radius 2 is 1.77 bits per heavy atom. The normalized spacial score (nSPS) is 11.1. The molecule has 1 heterocycles. The third-order valence-corrected chi connectivity index (χ3v) is 4.45. The lowest BCUT2D eigenvalue weighted by Gasteiger charge is -2.14. The number of likely N-dealkylation sites (N-methyl/N-ethyl adjacent to an activating group) is 1. The Labute approximate surface area is 178 Å². The number of nitrogens with zero attached hydrogens (tertiary/aromatic N) is 2. The van der Waals surface area contributed by atoms with Crippen molar-refractivity contribution >= 4 is 23.6 Å². The number of nitrogens with one attached hydrogen (secondary N) is 1. The van der Waals surface area contributed by atoms with Crippen molar-refractivity contribution in [3.63, 3.8) is 0 Å². The van der Waals surface area contributed by atoms with Crippen LogP contribution in [0.3, 0.4) is 0 Å². The molecule has 0 spiro atoms. The number of aryl methyl sites for hydroxylation is 1. The number of amides is 2. The largest absolute Gasteiger partial charge is 0.457 e. The zero-order chi connectivity index (χ0) is 22.5. The minimum absolute atomic E-state index is 0.0375. The molecule has 0 atom stereocenters. The van der Waals surface area contributed by atoms with E-state index in [2.05, 4.69) is 5.32 Å². The van der Waals surface area contributed by atoms with Gasteiger partial charge in [0, 0.05) is 43.4 Å². The van der Waals surface area contributed by atoms with Gasteiger partial charge in [-0.05, 0) is 31.2 Å². The lowest BCUT2D eigenvalue weighted by Crippen LogP contribution is -2.34. The average Bonchev–Trinajstić information content (AvgIpc) is 3.21. The molecule has 0 radical (unpaired) electrons. The molecule has 3 aromatic rings. The Balaban J connectivity index is 1.90. The number of nitro groups is 1. The maximum Gasteiger partial charge on any atom is 0.270 e. The molecule has 0 fully saturated rings. The van der Waals surface area contributed by atoms with Gasteiger partial charge in [-0.2, -0.15) is 0 Å². The minimum Gasteiger partial charge on any atom is -0.457 e. The predicted molar refractivity (Wildman–Crippen MR) is 116 cm³/mol. The summed E-state index contributed by atoms with van der Waals surface area (Å²) in [5.41, 5.74) is 1.94. The molecule has 1 N–H and O–H groups in total. The van der Waals surface area contributed by atoms with Crippen molar-refractivity contribution in [2.24, 2.45) is 0 Å². The van der Waals surface area contributed by atoms with Crippen LogP contribution in [0.25, 0.3) is 17.4 Å². The molecule has 3 rings (SSSR count). The van der Waals surface area contributed by atoms with E-state index in [0.717, 1.165) is 5.56 Å². The number of hydrogen-bond acceptors (Lipinski definition) is 5. The van der Waals surface area contributed by atoms with Gasteiger partial charge in [0.15, 0.2) is 0 Å². The van der Waals surface area contributed by atoms with Gasteiger partial charge in [0.2, 0.25) is 0 Å². The molecule has 0 aliphatic heterocycles. The number of rotatable bonds is 6. The molecule has 0 aliphatic carbocycles. The zero-order valence-corrected chi connectivity index (χ0v) is 17.3. The van der Waals surface area contributed by atoms with Crippen molar-refractivity contribution in [1.82, 2.24) is 10.2 Å². The van der Waals surface area contributed by atoms with Gasteiger partial charge < -0.3 is 14.6 Å². The van der Waals surface area contributed by atoms with Crippen molar-refractivity contribution in [3.8, 4) is 11.3 Å². The van der Waals surface area contributed by atoms with Crippen LogP contribution in [-0.2, 0) is 4.79 Å². The summed E-state index contributed by atoms with van der Waals surface area (Å²) in [4.78, 5) is 37.0. The number of carbonyl (C=O) groups excluding carboxylic acids is 2. The second kappa shape index (κ2) is 9.08. The Morgan fingerprint density at radius 1 is 1.06 bits per heavy atom. The zero-order valence-electron chi connectivity index (χ0n) is 17.3. The fourth-order valence-corrected chi connectivity index (χ4v) is 2.79. The van der Waals surface area contributed by atoms with Gasteiger partial charge in [-0.15, -0.1) is 0 Å². The van der Waals surface area contributed by atoms with Crippen molar-refractivity contribution in [2.75, 3.05) is 14.1 Å². The first kappa shape index (κ1) is 21.5. The summed E-state index contributed by atoms with van der Waals surface area (Å²) in [6.07, 6.45) is 1.43. The highest BCUT2D eigenvalue weighted by molar-refractivity contribution is 6.05.